The van der Waals surface area contributed by atoms with Gasteiger partial charge in [0.05, 0.1) is 0 Å². The first-order valence-electron chi connectivity index (χ1n) is 4.02. The summed E-state index contributed by atoms with van der Waals surface area (Å²) in [4.78, 5) is 0. The molecule has 2 radical (unpaired) electrons. The third-order valence-corrected chi connectivity index (χ3v) is 1.42. The maximum atomic E-state index is 3.70. The molecule has 0 aliphatic heterocycles. The van der Waals surface area contributed by atoms with Gasteiger partial charge in [-0.1, -0.05) is 48.6 Å². The molecule has 0 saturated carbocycles. The van der Waals surface area contributed by atoms with E-state index >= 15 is 0 Å². The summed E-state index contributed by atoms with van der Waals surface area (Å²) in [7, 11) is 0. The summed E-state index contributed by atoms with van der Waals surface area (Å²) in [6, 6.07) is 10.0. The molecule has 0 heteroatoms. The molecule has 0 N–H and O–H groups in total. The lowest BCUT2D eigenvalue weighted by Crippen LogP contribution is -1.69. The second kappa shape index (κ2) is 5.36. The summed E-state index contributed by atoms with van der Waals surface area (Å²) in [5.41, 5.74) is 1.10. The molecule has 0 aromatic heterocycles. The van der Waals surface area contributed by atoms with Crippen molar-refractivity contribution in [1.29, 1.82) is 0 Å². The van der Waals surface area contributed by atoms with E-state index in [0.29, 0.717) is 0 Å². The molecule has 0 unspecified atom stereocenters. The summed E-state index contributed by atoms with van der Waals surface area (Å²) < 4.78 is 0. The fourth-order valence-electron chi connectivity index (χ4n) is 0.843. The van der Waals surface area contributed by atoms with Crippen molar-refractivity contribution < 1.29 is 0 Å². The second-order valence-corrected chi connectivity index (χ2v) is 2.39. The van der Waals surface area contributed by atoms with Crippen molar-refractivity contribution in [3.63, 3.8) is 0 Å². The Balaban J connectivity index is 2.52. The van der Waals surface area contributed by atoms with Crippen LogP contribution in [-0.2, 0) is 0 Å². The second-order valence-electron chi connectivity index (χ2n) is 2.39. The van der Waals surface area contributed by atoms with E-state index in [4.69, 9.17) is 0 Å². The number of hydrogen-bond donors (Lipinski definition) is 0. The zero-order valence-electron chi connectivity index (χ0n) is 7.03. The van der Waals surface area contributed by atoms with Crippen LogP contribution in [0.2, 0.25) is 0 Å². The quantitative estimate of drug-likeness (QED) is 0.590. The molecule has 0 atom stereocenters. The van der Waals surface area contributed by atoms with Gasteiger partial charge in [-0.2, -0.15) is 0 Å². The summed E-state index contributed by atoms with van der Waals surface area (Å²) in [5.74, 6) is 0. The highest BCUT2D eigenvalue weighted by Gasteiger charge is 1.79. The van der Waals surface area contributed by atoms with Crippen molar-refractivity contribution >= 4 is 0 Å². The van der Waals surface area contributed by atoms with Gasteiger partial charge in [-0.05, 0) is 25.0 Å². The molecular formula is C12H12. The molecular weight excluding hydrogens is 144 g/mol. The van der Waals surface area contributed by atoms with Crippen molar-refractivity contribution in [3.8, 4) is 0 Å². The van der Waals surface area contributed by atoms with Crippen molar-refractivity contribution in [3.05, 3.63) is 67.1 Å². The monoisotopic (exact) mass is 156 g/mol. The van der Waals surface area contributed by atoms with Gasteiger partial charge in [-0.3, -0.25) is 0 Å². The van der Waals surface area contributed by atoms with Gasteiger partial charge in [0.25, 0.3) is 0 Å². The molecule has 60 valence electrons. The van der Waals surface area contributed by atoms with Gasteiger partial charge in [-0.25, -0.2) is 0 Å². The lowest BCUT2D eigenvalue weighted by molar-refractivity contribution is 1.40. The topological polar surface area (TPSA) is 0 Å². The maximum absolute atomic E-state index is 3.70. The van der Waals surface area contributed by atoms with Crippen LogP contribution in [0.1, 0.15) is 12.0 Å². The van der Waals surface area contributed by atoms with E-state index < -0.39 is 0 Å². The number of benzene rings is 1. The van der Waals surface area contributed by atoms with Crippen molar-refractivity contribution in [1.82, 2.24) is 0 Å². The highest BCUT2D eigenvalue weighted by atomic mass is 13.8. The molecule has 12 heavy (non-hydrogen) atoms. The highest BCUT2D eigenvalue weighted by molar-refractivity contribution is 5.23. The van der Waals surface area contributed by atoms with Crippen LogP contribution in [0.25, 0.3) is 0 Å². The fraction of sp³-hybridized carbons (Fsp3) is 0.0833. The van der Waals surface area contributed by atoms with Crippen LogP contribution in [0.5, 0.6) is 0 Å². The Morgan fingerprint density at radius 3 is 2.67 bits per heavy atom. The lowest BCUT2D eigenvalue weighted by atomic mass is 10.2. The van der Waals surface area contributed by atoms with Crippen LogP contribution in [0.3, 0.4) is 0 Å². The highest BCUT2D eigenvalue weighted by Crippen LogP contribution is 1.97. The van der Waals surface area contributed by atoms with Crippen LogP contribution in [0.4, 0.5) is 0 Å². The molecule has 0 saturated heterocycles. The molecule has 1 aromatic rings. The predicted octanol–water partition coefficient (Wildman–Crippen LogP) is 3.17. The van der Waals surface area contributed by atoms with Crippen LogP contribution in [-0.4, -0.2) is 0 Å². The van der Waals surface area contributed by atoms with Crippen LogP contribution >= 0.6 is 0 Å². The Bertz CT molecular complexity index is 255. The zero-order chi connectivity index (χ0) is 8.65. The van der Waals surface area contributed by atoms with E-state index in [1.807, 2.05) is 48.6 Å². The average molecular weight is 156 g/mol. The minimum absolute atomic E-state index is 0.826. The minimum atomic E-state index is 0.826. The van der Waals surface area contributed by atoms with E-state index in [9.17, 15) is 0 Å². The predicted molar refractivity (Wildman–Crippen MR) is 52.5 cm³/mol. The van der Waals surface area contributed by atoms with E-state index in [-0.39, 0.29) is 0 Å². The normalized spacial score (nSPS) is 11.4. The Kier molecular flexibility index (Phi) is 3.93. The van der Waals surface area contributed by atoms with Gasteiger partial charge >= 0.3 is 0 Å². The minimum Gasteiger partial charge on any atom is -0.0845 e. The molecule has 0 amide bonds. The average Bonchev–Trinajstić information content (AvgIpc) is 2.14. The Labute approximate surface area is 74.2 Å². The molecule has 0 bridgehead atoms. The van der Waals surface area contributed by atoms with Crippen molar-refractivity contribution in [2.45, 2.75) is 6.42 Å². The number of rotatable bonds is 3. The van der Waals surface area contributed by atoms with E-state index in [1.165, 1.54) is 0 Å². The molecule has 0 fully saturated rings. The van der Waals surface area contributed by atoms with Gasteiger partial charge in [-0.15, -0.1) is 0 Å². The Morgan fingerprint density at radius 2 is 2.00 bits per heavy atom. The summed E-state index contributed by atoms with van der Waals surface area (Å²) in [6.45, 7) is 3.70. The van der Waals surface area contributed by atoms with Gasteiger partial charge in [0, 0.05) is 0 Å². The molecule has 0 nitrogen and oxygen atoms in total. The van der Waals surface area contributed by atoms with E-state index in [1.54, 1.807) is 0 Å². The number of hydrogen-bond acceptors (Lipinski definition) is 0. The van der Waals surface area contributed by atoms with E-state index in [2.05, 4.69) is 13.0 Å². The van der Waals surface area contributed by atoms with Gasteiger partial charge < -0.3 is 0 Å². The Morgan fingerprint density at radius 1 is 1.25 bits per heavy atom. The standard InChI is InChI=1S/C12H12/c1-2-3-4-6-9-12-10-7-5-8-11-12/h3-8,10-11H,1-2H2. The lowest BCUT2D eigenvalue weighted by Gasteiger charge is -1.87. The SMILES string of the molecule is [CH2]CC=CC=[C]c1ccccc1. The first-order chi connectivity index (χ1) is 5.93. The fourth-order valence-corrected chi connectivity index (χ4v) is 0.843. The zero-order valence-corrected chi connectivity index (χ0v) is 7.03. The molecule has 0 aliphatic rings. The van der Waals surface area contributed by atoms with Crippen molar-refractivity contribution in [2.75, 3.05) is 0 Å². The van der Waals surface area contributed by atoms with Gasteiger partial charge in [0.1, 0.15) is 0 Å². The van der Waals surface area contributed by atoms with Crippen molar-refractivity contribution in [2.24, 2.45) is 0 Å². The molecule has 1 rings (SSSR count). The summed E-state index contributed by atoms with van der Waals surface area (Å²) in [6.07, 6.45) is 9.82. The summed E-state index contributed by atoms with van der Waals surface area (Å²) >= 11 is 0. The van der Waals surface area contributed by atoms with Gasteiger partial charge in [0.15, 0.2) is 0 Å². The molecule has 0 aliphatic carbocycles. The van der Waals surface area contributed by atoms with Gasteiger partial charge in [0.2, 0.25) is 0 Å². The third-order valence-electron chi connectivity index (χ3n) is 1.42. The molecule has 1 aromatic carbocycles. The molecule has 0 heterocycles. The van der Waals surface area contributed by atoms with E-state index in [0.717, 1.165) is 12.0 Å². The third kappa shape index (κ3) is 3.20. The molecule has 0 spiro atoms. The van der Waals surface area contributed by atoms with Crippen LogP contribution in [0, 0.1) is 13.0 Å². The first-order valence-corrected chi connectivity index (χ1v) is 4.02. The summed E-state index contributed by atoms with van der Waals surface area (Å²) in [5, 5.41) is 0. The van der Waals surface area contributed by atoms with Crippen LogP contribution in [0.15, 0.2) is 48.6 Å². The Hall–Kier alpha value is -1.30. The smallest absolute Gasteiger partial charge is 0.0106 e. The largest absolute Gasteiger partial charge is 0.0845 e. The maximum Gasteiger partial charge on any atom is -0.0106 e. The first kappa shape index (κ1) is 8.79. The number of allylic oxidation sites excluding steroid dienone is 3. The van der Waals surface area contributed by atoms with Crippen LogP contribution < -0.4 is 0 Å².